The Morgan fingerprint density at radius 2 is 2.20 bits per heavy atom. The molecule has 3 heterocycles. The van der Waals surface area contributed by atoms with E-state index in [1.165, 1.54) is 0 Å². The highest BCUT2D eigenvalue weighted by atomic mass is 32.2. The van der Waals surface area contributed by atoms with E-state index in [4.69, 9.17) is 9.26 Å². The van der Waals surface area contributed by atoms with Crippen molar-refractivity contribution in [1.29, 1.82) is 0 Å². The van der Waals surface area contributed by atoms with Gasteiger partial charge in [0.2, 0.25) is 10.0 Å². The quantitative estimate of drug-likeness (QED) is 0.815. The summed E-state index contributed by atoms with van der Waals surface area (Å²) < 4.78 is 38.0. The van der Waals surface area contributed by atoms with E-state index in [9.17, 15) is 8.42 Å². The van der Waals surface area contributed by atoms with Crippen LogP contribution in [0.2, 0.25) is 0 Å². The third-order valence-electron chi connectivity index (χ3n) is 3.82. The normalized spacial score (nSPS) is 28.3. The second kappa shape index (κ2) is 5.32. The van der Waals surface area contributed by atoms with E-state index in [2.05, 4.69) is 5.16 Å². The van der Waals surface area contributed by atoms with Crippen molar-refractivity contribution in [2.75, 3.05) is 25.5 Å². The van der Waals surface area contributed by atoms with Crippen molar-refractivity contribution in [2.45, 2.75) is 36.5 Å². The van der Waals surface area contributed by atoms with E-state index in [1.54, 1.807) is 29.9 Å². The monoisotopic (exact) mass is 318 g/mol. The molecule has 0 aromatic carbocycles. The van der Waals surface area contributed by atoms with E-state index in [1.807, 2.05) is 0 Å². The van der Waals surface area contributed by atoms with Gasteiger partial charge in [-0.2, -0.15) is 16.1 Å². The molecule has 112 valence electrons. The van der Waals surface area contributed by atoms with Gasteiger partial charge in [-0.05, 0) is 20.3 Å². The Morgan fingerprint density at radius 3 is 2.90 bits per heavy atom. The topological polar surface area (TPSA) is 72.6 Å². The summed E-state index contributed by atoms with van der Waals surface area (Å²) in [7, 11) is -3.54. The zero-order valence-corrected chi connectivity index (χ0v) is 13.2. The Balaban J connectivity index is 1.98. The number of thioether (sulfide) groups is 1. The maximum atomic E-state index is 12.9. The summed E-state index contributed by atoms with van der Waals surface area (Å²) in [6, 6.07) is 0.0150. The number of nitrogens with zero attached hydrogens (tertiary/aromatic N) is 2. The largest absolute Gasteiger partial charge is 0.380 e. The molecule has 1 aromatic rings. The van der Waals surface area contributed by atoms with Crippen LogP contribution in [-0.4, -0.2) is 54.7 Å². The zero-order chi connectivity index (χ0) is 14.3. The highest BCUT2D eigenvalue weighted by Crippen LogP contribution is 2.35. The molecule has 0 saturated carbocycles. The van der Waals surface area contributed by atoms with Crippen molar-refractivity contribution in [2.24, 2.45) is 0 Å². The number of fused-ring (bicyclic) bond motifs is 1. The highest BCUT2D eigenvalue weighted by molar-refractivity contribution is 8.00. The Kier molecular flexibility index (Phi) is 3.83. The molecule has 2 unspecified atom stereocenters. The van der Waals surface area contributed by atoms with Crippen LogP contribution in [0.5, 0.6) is 0 Å². The van der Waals surface area contributed by atoms with Crippen LogP contribution in [0.1, 0.15) is 17.9 Å². The SMILES string of the molecule is Cc1noc(C)c1S(=O)(=O)N1CCSC2COCCC21. The Hall–Kier alpha value is -0.570. The van der Waals surface area contributed by atoms with Crippen LogP contribution in [0, 0.1) is 13.8 Å². The molecule has 0 spiro atoms. The highest BCUT2D eigenvalue weighted by Gasteiger charge is 2.42. The summed E-state index contributed by atoms with van der Waals surface area (Å²) in [4.78, 5) is 0.231. The number of rotatable bonds is 2. The van der Waals surface area contributed by atoms with Crippen molar-refractivity contribution in [3.63, 3.8) is 0 Å². The van der Waals surface area contributed by atoms with Gasteiger partial charge in [-0.1, -0.05) is 5.16 Å². The van der Waals surface area contributed by atoms with E-state index in [0.717, 1.165) is 12.2 Å². The van der Waals surface area contributed by atoms with Crippen LogP contribution < -0.4 is 0 Å². The molecular formula is C12H18N2O4S2. The predicted molar refractivity (Wildman–Crippen MR) is 75.3 cm³/mol. The molecule has 1 aromatic heterocycles. The van der Waals surface area contributed by atoms with Crippen LogP contribution in [0.15, 0.2) is 9.42 Å². The number of aromatic nitrogens is 1. The summed E-state index contributed by atoms with van der Waals surface area (Å²) in [6.07, 6.45) is 0.750. The molecule has 2 aliphatic heterocycles. The summed E-state index contributed by atoms with van der Waals surface area (Å²) in [5.74, 6) is 1.16. The third kappa shape index (κ3) is 2.28. The molecule has 2 atom stereocenters. The first-order valence-corrected chi connectivity index (χ1v) is 9.15. The minimum absolute atomic E-state index is 0.0150. The van der Waals surface area contributed by atoms with Crippen molar-refractivity contribution in [1.82, 2.24) is 9.46 Å². The zero-order valence-electron chi connectivity index (χ0n) is 11.5. The lowest BCUT2D eigenvalue weighted by atomic mass is 10.1. The van der Waals surface area contributed by atoms with Gasteiger partial charge < -0.3 is 9.26 Å². The Bertz CT molecular complexity index is 577. The number of sulfonamides is 1. The molecule has 0 bridgehead atoms. The van der Waals surface area contributed by atoms with E-state index in [-0.39, 0.29) is 16.2 Å². The minimum Gasteiger partial charge on any atom is -0.380 e. The smallest absolute Gasteiger partial charge is 0.248 e. The van der Waals surface area contributed by atoms with Gasteiger partial charge in [0.05, 0.1) is 6.61 Å². The van der Waals surface area contributed by atoms with Crippen LogP contribution in [0.4, 0.5) is 0 Å². The predicted octanol–water partition coefficient (Wildman–Crippen LogP) is 1.19. The minimum atomic E-state index is -3.54. The van der Waals surface area contributed by atoms with Gasteiger partial charge >= 0.3 is 0 Å². The van der Waals surface area contributed by atoms with Crippen LogP contribution in [0.3, 0.4) is 0 Å². The number of aryl methyl sites for hydroxylation is 2. The van der Waals surface area contributed by atoms with E-state index >= 15 is 0 Å². The van der Waals surface area contributed by atoms with Gasteiger partial charge in [-0.3, -0.25) is 0 Å². The first-order chi connectivity index (χ1) is 9.51. The van der Waals surface area contributed by atoms with Gasteiger partial charge in [0, 0.05) is 30.2 Å². The van der Waals surface area contributed by atoms with Gasteiger partial charge in [0.15, 0.2) is 5.76 Å². The van der Waals surface area contributed by atoms with Crippen molar-refractivity contribution in [3.8, 4) is 0 Å². The Morgan fingerprint density at radius 1 is 1.40 bits per heavy atom. The molecule has 8 heteroatoms. The molecule has 2 aliphatic rings. The molecular weight excluding hydrogens is 300 g/mol. The van der Waals surface area contributed by atoms with Crippen molar-refractivity contribution >= 4 is 21.8 Å². The number of hydrogen-bond acceptors (Lipinski definition) is 6. The standard InChI is InChI=1S/C12H18N2O4S2/c1-8-12(9(2)18-13-8)20(15,16)14-4-6-19-11-7-17-5-3-10(11)14/h10-11H,3-7H2,1-2H3. The van der Waals surface area contributed by atoms with Crippen LogP contribution >= 0.6 is 11.8 Å². The van der Waals surface area contributed by atoms with Crippen molar-refractivity contribution in [3.05, 3.63) is 11.5 Å². The molecule has 6 nitrogen and oxygen atoms in total. The molecule has 0 aliphatic carbocycles. The average Bonchev–Trinajstić information content (AvgIpc) is 2.78. The molecule has 0 radical (unpaired) electrons. The summed E-state index contributed by atoms with van der Waals surface area (Å²) >= 11 is 1.80. The number of ether oxygens (including phenoxy) is 1. The lowest BCUT2D eigenvalue weighted by Crippen LogP contribution is -2.54. The first-order valence-electron chi connectivity index (χ1n) is 6.66. The van der Waals surface area contributed by atoms with E-state index < -0.39 is 10.0 Å². The summed E-state index contributed by atoms with van der Waals surface area (Å²) in [6.45, 7) is 5.10. The fourth-order valence-electron chi connectivity index (χ4n) is 2.91. The lowest BCUT2D eigenvalue weighted by Gasteiger charge is -2.42. The van der Waals surface area contributed by atoms with Gasteiger partial charge in [-0.25, -0.2) is 8.42 Å². The third-order valence-corrected chi connectivity index (χ3v) is 7.28. The number of hydrogen-bond donors (Lipinski definition) is 0. The molecule has 0 N–H and O–H groups in total. The van der Waals surface area contributed by atoms with Crippen molar-refractivity contribution < 1.29 is 17.7 Å². The maximum Gasteiger partial charge on any atom is 0.248 e. The Labute approximate surface area is 122 Å². The fraction of sp³-hybridized carbons (Fsp3) is 0.750. The van der Waals surface area contributed by atoms with E-state index in [0.29, 0.717) is 31.2 Å². The fourth-order valence-corrected chi connectivity index (χ4v) is 6.39. The summed E-state index contributed by atoms with van der Waals surface area (Å²) in [5.41, 5.74) is 0.435. The second-order valence-electron chi connectivity index (χ2n) is 5.11. The van der Waals surface area contributed by atoms with Gasteiger partial charge in [0.1, 0.15) is 10.6 Å². The molecule has 3 rings (SSSR count). The van der Waals surface area contributed by atoms with Gasteiger partial charge in [0.25, 0.3) is 0 Å². The maximum absolute atomic E-state index is 12.9. The second-order valence-corrected chi connectivity index (χ2v) is 8.28. The average molecular weight is 318 g/mol. The summed E-state index contributed by atoms with van der Waals surface area (Å²) in [5, 5.41) is 4.00. The molecule has 0 amide bonds. The molecule has 2 fully saturated rings. The molecule has 2 saturated heterocycles. The molecule has 20 heavy (non-hydrogen) atoms. The van der Waals surface area contributed by atoms with Gasteiger partial charge in [-0.15, -0.1) is 0 Å². The van der Waals surface area contributed by atoms with Crippen LogP contribution in [-0.2, 0) is 14.8 Å². The van der Waals surface area contributed by atoms with Crippen LogP contribution in [0.25, 0.3) is 0 Å². The lowest BCUT2D eigenvalue weighted by molar-refractivity contribution is 0.0625. The first kappa shape index (κ1) is 14.4.